The summed E-state index contributed by atoms with van der Waals surface area (Å²) < 4.78 is 47.9. The summed E-state index contributed by atoms with van der Waals surface area (Å²) in [5.41, 5.74) is 0.214. The number of piperidine rings is 2. The van der Waals surface area contributed by atoms with Gasteiger partial charge in [0.2, 0.25) is 5.91 Å². The number of pyridine rings is 1. The van der Waals surface area contributed by atoms with Crippen molar-refractivity contribution >= 4 is 40.4 Å². The van der Waals surface area contributed by atoms with Crippen molar-refractivity contribution < 1.29 is 32.3 Å². The molecule has 4 aromatic rings. The molecule has 0 atom stereocenters. The zero-order chi connectivity index (χ0) is 40.4. The van der Waals surface area contributed by atoms with Crippen molar-refractivity contribution in [1.29, 1.82) is 5.26 Å². The molecule has 6 heterocycles. The molecule has 1 saturated carbocycles. The first kappa shape index (κ1) is 39.0. The van der Waals surface area contributed by atoms with Crippen molar-refractivity contribution in [3.63, 3.8) is 0 Å². The quantitative estimate of drug-likeness (QED) is 0.227. The number of hydrogen-bond acceptors (Lipinski definition) is 11. The maximum Gasteiger partial charge on any atom is 0.417 e. The number of urea groups is 1. The predicted octanol–water partition coefficient (Wildman–Crippen LogP) is 5.23. The number of carbonyl (C=O) groups is 3. The largest absolute Gasteiger partial charge is 0.490 e. The Bertz CT molecular complexity index is 2180. The Morgan fingerprint density at radius 1 is 0.948 bits per heavy atom. The van der Waals surface area contributed by atoms with Crippen LogP contribution >= 0.6 is 0 Å². The number of nitrogens with one attached hydrogen (secondary N) is 2. The molecule has 58 heavy (non-hydrogen) atoms. The van der Waals surface area contributed by atoms with Gasteiger partial charge in [0, 0.05) is 57.9 Å². The molecule has 3 aromatic heterocycles. The Morgan fingerprint density at radius 3 is 2.41 bits per heavy atom. The number of hydrogen-bond donors (Lipinski definition) is 2. The van der Waals surface area contributed by atoms with Gasteiger partial charge in [-0.05, 0) is 93.7 Å². The smallest absolute Gasteiger partial charge is 0.417 e. The number of benzene rings is 1. The number of rotatable bonds is 9. The van der Waals surface area contributed by atoms with Crippen LogP contribution in [0, 0.1) is 17.2 Å². The Kier molecular flexibility index (Phi) is 11.1. The number of imide groups is 1. The summed E-state index contributed by atoms with van der Waals surface area (Å²) in [5.74, 6) is 0.777. The lowest BCUT2D eigenvalue weighted by Crippen LogP contribution is -2.49. The molecule has 8 rings (SSSR count). The average molecular weight is 800 g/mol. The zero-order valence-corrected chi connectivity index (χ0v) is 31.8. The van der Waals surface area contributed by atoms with Crippen LogP contribution in [0.2, 0.25) is 0 Å². The van der Waals surface area contributed by atoms with Crippen LogP contribution in [0.5, 0.6) is 5.75 Å². The van der Waals surface area contributed by atoms with Gasteiger partial charge in [0.05, 0.1) is 46.6 Å². The average Bonchev–Trinajstić information content (AvgIpc) is 3.67. The van der Waals surface area contributed by atoms with E-state index in [2.05, 4.69) is 35.6 Å². The van der Waals surface area contributed by atoms with Gasteiger partial charge in [-0.3, -0.25) is 19.8 Å². The van der Waals surface area contributed by atoms with Gasteiger partial charge in [-0.2, -0.15) is 23.5 Å². The molecule has 0 unspecified atom stereocenters. The van der Waals surface area contributed by atoms with E-state index in [1.165, 1.54) is 6.07 Å². The number of amides is 4. The van der Waals surface area contributed by atoms with Crippen LogP contribution < -0.4 is 25.2 Å². The third-order valence-electron chi connectivity index (χ3n) is 11.8. The maximum absolute atomic E-state index is 13.4. The van der Waals surface area contributed by atoms with Gasteiger partial charge in [0.15, 0.2) is 17.2 Å². The number of fused-ring (bicyclic) bond motifs is 1. The topological polar surface area (TPSA) is 174 Å². The molecule has 3 aliphatic heterocycles. The fourth-order valence-corrected chi connectivity index (χ4v) is 8.61. The molecule has 4 aliphatic rings. The first-order chi connectivity index (χ1) is 28.0. The Hall–Kier alpha value is -5.83. The molecule has 3 saturated heterocycles. The highest BCUT2D eigenvalue weighted by molar-refractivity contribution is 6.09. The number of likely N-dealkylation sites (tertiary alicyclic amines) is 1. The lowest BCUT2D eigenvalue weighted by atomic mass is 9.92. The van der Waals surface area contributed by atoms with Crippen molar-refractivity contribution in [3.8, 4) is 11.8 Å². The van der Waals surface area contributed by atoms with Gasteiger partial charge in [-0.15, -0.1) is 10.2 Å². The Morgan fingerprint density at radius 2 is 1.72 bits per heavy atom. The zero-order valence-electron chi connectivity index (χ0n) is 31.8. The molecule has 18 heteroatoms. The molecule has 304 valence electrons. The van der Waals surface area contributed by atoms with Crippen LogP contribution in [0.4, 0.5) is 29.5 Å². The lowest BCUT2D eigenvalue weighted by Gasteiger charge is -2.38. The van der Waals surface area contributed by atoms with E-state index in [9.17, 15) is 27.6 Å². The monoisotopic (exact) mass is 799 g/mol. The number of aromatic nitrogens is 5. The number of nitrogens with zero attached hydrogens (tertiary/aromatic N) is 9. The van der Waals surface area contributed by atoms with Crippen molar-refractivity contribution in [2.45, 2.75) is 82.2 Å². The standard InChI is InChI=1S/C40H44F3N11O4/c41-40(42,43)32-21-30(4-1-26(32)22-44)58-29-5-2-27(3-6-29)47-38(56)33-7-8-35(50-49-33)52-18-10-25(11-19-52)24-51-16-12-28(13-17-51)54-37-31(23-46-54)34(9-15-45-37)53-20-14-36(55)48-39(53)57/h1,4,7-9,15,21,23,25,27-29H,2-3,5-6,10-14,16-20,24H2,(H,47,56)(H,48,55,57). The predicted molar refractivity (Wildman–Crippen MR) is 205 cm³/mol. The third kappa shape index (κ3) is 8.54. The minimum atomic E-state index is -4.65. The minimum absolute atomic E-state index is 0.0677. The summed E-state index contributed by atoms with van der Waals surface area (Å²) in [5, 5.41) is 28.5. The van der Waals surface area contributed by atoms with Gasteiger partial charge < -0.3 is 19.9 Å². The van der Waals surface area contributed by atoms with Gasteiger partial charge in [-0.25, -0.2) is 14.5 Å². The molecule has 0 radical (unpaired) electrons. The highest BCUT2D eigenvalue weighted by Gasteiger charge is 2.35. The second-order valence-corrected chi connectivity index (χ2v) is 15.5. The molecule has 1 aliphatic carbocycles. The second-order valence-electron chi connectivity index (χ2n) is 15.5. The van der Waals surface area contributed by atoms with E-state index in [0.717, 1.165) is 87.4 Å². The first-order valence-electron chi connectivity index (χ1n) is 19.9. The third-order valence-corrected chi connectivity index (χ3v) is 11.8. The van der Waals surface area contributed by atoms with E-state index < -0.39 is 23.3 Å². The van der Waals surface area contributed by atoms with Crippen LogP contribution in [-0.4, -0.2) is 99.1 Å². The highest BCUT2D eigenvalue weighted by atomic mass is 19.4. The summed E-state index contributed by atoms with van der Waals surface area (Å²) in [6.07, 6.45) is 5.02. The second kappa shape index (κ2) is 16.6. The Balaban J connectivity index is 0.759. The number of alkyl halides is 3. The van der Waals surface area contributed by atoms with E-state index in [1.54, 1.807) is 35.5 Å². The number of carbonyl (C=O) groups excluding carboxylic acids is 3. The number of halogens is 3. The molecule has 2 N–H and O–H groups in total. The van der Waals surface area contributed by atoms with Gasteiger partial charge in [-0.1, -0.05) is 0 Å². The van der Waals surface area contributed by atoms with Gasteiger partial charge in [0.25, 0.3) is 5.91 Å². The van der Waals surface area contributed by atoms with Gasteiger partial charge >= 0.3 is 12.2 Å². The van der Waals surface area contributed by atoms with Crippen LogP contribution in [0.15, 0.2) is 48.8 Å². The molecule has 0 bridgehead atoms. The maximum atomic E-state index is 13.4. The number of ether oxygens (including phenoxy) is 1. The van der Waals surface area contributed by atoms with E-state index in [4.69, 9.17) is 15.1 Å². The summed E-state index contributed by atoms with van der Waals surface area (Å²) in [6, 6.07) is 9.93. The first-order valence-corrected chi connectivity index (χ1v) is 19.9. The van der Waals surface area contributed by atoms with Crippen molar-refractivity contribution in [3.05, 3.63) is 65.6 Å². The fraction of sp³-hybridized carbons (Fsp3) is 0.500. The molecule has 4 fully saturated rings. The molecule has 4 amide bonds. The van der Waals surface area contributed by atoms with Crippen molar-refractivity contribution in [1.82, 2.24) is 40.5 Å². The van der Waals surface area contributed by atoms with E-state index in [-0.39, 0.29) is 47.9 Å². The normalized spacial score (nSPS) is 21.5. The van der Waals surface area contributed by atoms with Crippen LogP contribution in [0.3, 0.4) is 0 Å². The lowest BCUT2D eigenvalue weighted by molar-refractivity contribution is -0.138. The molecular weight excluding hydrogens is 756 g/mol. The van der Waals surface area contributed by atoms with Gasteiger partial charge in [0.1, 0.15) is 5.75 Å². The molecule has 0 spiro atoms. The highest BCUT2D eigenvalue weighted by Crippen LogP contribution is 2.36. The number of anilines is 2. The summed E-state index contributed by atoms with van der Waals surface area (Å²) >= 11 is 0. The summed E-state index contributed by atoms with van der Waals surface area (Å²) in [6.45, 7) is 4.96. The van der Waals surface area contributed by atoms with E-state index >= 15 is 0 Å². The summed E-state index contributed by atoms with van der Waals surface area (Å²) in [4.78, 5) is 48.1. The van der Waals surface area contributed by atoms with Crippen molar-refractivity contribution in [2.24, 2.45) is 5.92 Å². The van der Waals surface area contributed by atoms with Crippen LogP contribution in [0.1, 0.15) is 85.4 Å². The van der Waals surface area contributed by atoms with Crippen molar-refractivity contribution in [2.75, 3.05) is 49.1 Å². The summed E-state index contributed by atoms with van der Waals surface area (Å²) in [7, 11) is 0. The van der Waals surface area contributed by atoms with Crippen LogP contribution in [0.25, 0.3) is 11.0 Å². The molecule has 1 aromatic carbocycles. The minimum Gasteiger partial charge on any atom is -0.490 e. The fourth-order valence-electron chi connectivity index (χ4n) is 8.61. The number of nitriles is 1. The van der Waals surface area contributed by atoms with Crippen LogP contribution in [-0.2, 0) is 11.0 Å². The van der Waals surface area contributed by atoms with E-state index in [1.807, 2.05) is 10.7 Å². The molecular formula is C40H44F3N11O4. The van der Waals surface area contributed by atoms with E-state index in [0.29, 0.717) is 43.8 Å². The Labute approximate surface area is 332 Å². The SMILES string of the molecule is N#Cc1ccc(OC2CCC(NC(=O)c3ccc(N4CCC(CN5CCC(n6ncc7c(N8CCC(=O)NC8=O)ccnc76)CC5)CC4)nn3)CC2)cc1C(F)(F)F. The molecule has 15 nitrogen and oxygen atoms in total.